The van der Waals surface area contributed by atoms with Gasteiger partial charge in [-0.15, -0.1) is 0 Å². The lowest BCUT2D eigenvalue weighted by atomic mass is 10.1. The first-order valence-electron chi connectivity index (χ1n) is 8.75. The van der Waals surface area contributed by atoms with E-state index in [0.29, 0.717) is 18.7 Å². The Morgan fingerprint density at radius 3 is 2.41 bits per heavy atom. The second kappa shape index (κ2) is 7.24. The molecule has 4 rings (SSSR count). The fraction of sp³-hybridized carbons (Fsp3) is 0.316. The Morgan fingerprint density at radius 2 is 1.70 bits per heavy atom. The van der Waals surface area contributed by atoms with E-state index in [1.54, 1.807) is 4.90 Å². The molecule has 2 aliphatic rings. The molecule has 0 radical (unpaired) electrons. The smallest absolute Gasteiger partial charge is 0.269 e. The van der Waals surface area contributed by atoms with E-state index in [4.69, 9.17) is 9.47 Å². The number of ether oxygens (including phenoxy) is 2. The summed E-state index contributed by atoms with van der Waals surface area (Å²) in [5.41, 5.74) is 1.61. The number of amides is 1. The van der Waals surface area contributed by atoms with E-state index in [-0.39, 0.29) is 18.4 Å². The quantitative estimate of drug-likeness (QED) is 0.607. The molecule has 0 bridgehead atoms. The van der Waals surface area contributed by atoms with Crippen molar-refractivity contribution in [1.82, 2.24) is 9.80 Å². The Hall–Kier alpha value is -3.13. The summed E-state index contributed by atoms with van der Waals surface area (Å²) in [6.07, 6.45) is 0. The largest absolute Gasteiger partial charge is 0.454 e. The molecular weight excluding hydrogens is 350 g/mol. The number of nitro benzene ring substituents is 1. The van der Waals surface area contributed by atoms with Gasteiger partial charge in [-0.3, -0.25) is 19.8 Å². The lowest BCUT2D eigenvalue weighted by Gasteiger charge is -2.34. The molecule has 0 aromatic heterocycles. The predicted octanol–water partition coefficient (Wildman–Crippen LogP) is 2.28. The number of non-ortho nitro benzene ring substituents is 1. The molecule has 2 aliphatic heterocycles. The van der Waals surface area contributed by atoms with Crippen molar-refractivity contribution in [3.63, 3.8) is 0 Å². The highest BCUT2D eigenvalue weighted by Gasteiger charge is 2.23. The summed E-state index contributed by atoms with van der Waals surface area (Å²) >= 11 is 0. The molecule has 1 fully saturated rings. The average molecular weight is 369 g/mol. The van der Waals surface area contributed by atoms with Crippen LogP contribution < -0.4 is 9.47 Å². The number of benzene rings is 2. The van der Waals surface area contributed by atoms with E-state index in [0.717, 1.165) is 36.7 Å². The highest BCUT2D eigenvalue weighted by molar-refractivity contribution is 5.94. The van der Waals surface area contributed by atoms with Crippen LogP contribution in [0.5, 0.6) is 11.5 Å². The van der Waals surface area contributed by atoms with E-state index < -0.39 is 4.92 Å². The number of hydrogen-bond donors (Lipinski definition) is 0. The van der Waals surface area contributed by atoms with Gasteiger partial charge in [0.2, 0.25) is 6.79 Å². The molecule has 0 aliphatic carbocycles. The molecule has 0 unspecified atom stereocenters. The minimum Gasteiger partial charge on any atom is -0.454 e. The van der Waals surface area contributed by atoms with Crippen molar-refractivity contribution in [3.05, 3.63) is 63.7 Å². The summed E-state index contributed by atoms with van der Waals surface area (Å²) in [6, 6.07) is 11.7. The van der Waals surface area contributed by atoms with Gasteiger partial charge in [0.15, 0.2) is 11.5 Å². The number of carbonyl (C=O) groups excluding carboxylic acids is 1. The third kappa shape index (κ3) is 3.70. The zero-order chi connectivity index (χ0) is 18.8. The summed E-state index contributed by atoms with van der Waals surface area (Å²) in [7, 11) is 0. The molecule has 140 valence electrons. The summed E-state index contributed by atoms with van der Waals surface area (Å²) in [5, 5.41) is 10.7. The topological polar surface area (TPSA) is 85.2 Å². The maximum absolute atomic E-state index is 12.6. The number of fused-ring (bicyclic) bond motifs is 1. The molecule has 8 heteroatoms. The zero-order valence-electron chi connectivity index (χ0n) is 14.7. The summed E-state index contributed by atoms with van der Waals surface area (Å²) in [6.45, 7) is 3.85. The minimum absolute atomic E-state index is 0.0138. The number of hydrogen-bond acceptors (Lipinski definition) is 6. The maximum atomic E-state index is 12.6. The highest BCUT2D eigenvalue weighted by Crippen LogP contribution is 2.32. The molecule has 0 saturated carbocycles. The monoisotopic (exact) mass is 369 g/mol. The molecule has 1 amide bonds. The van der Waals surface area contributed by atoms with Crippen LogP contribution in [0.25, 0.3) is 0 Å². The van der Waals surface area contributed by atoms with Crippen molar-refractivity contribution >= 4 is 11.6 Å². The van der Waals surface area contributed by atoms with Gasteiger partial charge >= 0.3 is 0 Å². The molecule has 0 N–H and O–H groups in total. The van der Waals surface area contributed by atoms with E-state index in [1.165, 1.54) is 24.3 Å². The molecule has 0 spiro atoms. The predicted molar refractivity (Wildman–Crippen MR) is 96.8 cm³/mol. The molecule has 27 heavy (non-hydrogen) atoms. The standard InChI is InChI=1S/C19H19N3O5/c23-19(15-2-4-16(5-3-15)22(24)25)21-9-7-20(8-10-21)12-14-1-6-17-18(11-14)27-13-26-17/h1-6,11H,7-10,12-13H2. The first kappa shape index (κ1) is 17.3. The van der Waals surface area contributed by atoms with Crippen molar-refractivity contribution in [2.75, 3.05) is 33.0 Å². The summed E-state index contributed by atoms with van der Waals surface area (Å²) < 4.78 is 10.7. The number of nitrogens with zero attached hydrogens (tertiary/aromatic N) is 3. The van der Waals surface area contributed by atoms with Crippen LogP contribution >= 0.6 is 0 Å². The third-order valence-electron chi connectivity index (χ3n) is 4.83. The van der Waals surface area contributed by atoms with Crippen molar-refractivity contribution < 1.29 is 19.2 Å². The van der Waals surface area contributed by atoms with E-state index in [9.17, 15) is 14.9 Å². The van der Waals surface area contributed by atoms with Crippen molar-refractivity contribution in [3.8, 4) is 11.5 Å². The molecule has 2 heterocycles. The Labute approximate surface area is 156 Å². The minimum atomic E-state index is -0.469. The van der Waals surface area contributed by atoms with Crippen LogP contribution in [-0.4, -0.2) is 53.6 Å². The Bertz CT molecular complexity index is 860. The Morgan fingerprint density at radius 1 is 1.00 bits per heavy atom. The van der Waals surface area contributed by atoms with Gasteiger partial charge < -0.3 is 14.4 Å². The van der Waals surface area contributed by atoms with Crippen molar-refractivity contribution in [2.45, 2.75) is 6.54 Å². The zero-order valence-corrected chi connectivity index (χ0v) is 14.7. The van der Waals surface area contributed by atoms with Crippen LogP contribution in [0.15, 0.2) is 42.5 Å². The van der Waals surface area contributed by atoms with Gasteiger partial charge in [0, 0.05) is 50.4 Å². The second-order valence-electron chi connectivity index (χ2n) is 6.56. The average Bonchev–Trinajstić information content (AvgIpc) is 3.16. The molecule has 8 nitrogen and oxygen atoms in total. The first-order valence-corrected chi connectivity index (χ1v) is 8.75. The number of piperazine rings is 1. The van der Waals surface area contributed by atoms with Crippen LogP contribution in [0.2, 0.25) is 0 Å². The molecule has 1 saturated heterocycles. The SMILES string of the molecule is O=C(c1ccc([N+](=O)[O-])cc1)N1CCN(Cc2ccc3c(c2)OCO3)CC1. The van der Waals surface area contributed by atoms with Crippen LogP contribution in [0.4, 0.5) is 5.69 Å². The van der Waals surface area contributed by atoms with Gasteiger partial charge in [0.1, 0.15) is 0 Å². The number of nitro groups is 1. The van der Waals surface area contributed by atoms with Gasteiger partial charge in [-0.05, 0) is 29.8 Å². The fourth-order valence-corrected chi connectivity index (χ4v) is 3.31. The van der Waals surface area contributed by atoms with Gasteiger partial charge in [-0.1, -0.05) is 6.07 Å². The van der Waals surface area contributed by atoms with E-state index in [1.807, 2.05) is 18.2 Å². The van der Waals surface area contributed by atoms with Crippen LogP contribution in [0.3, 0.4) is 0 Å². The lowest BCUT2D eigenvalue weighted by Crippen LogP contribution is -2.48. The van der Waals surface area contributed by atoms with Crippen molar-refractivity contribution in [2.24, 2.45) is 0 Å². The normalized spacial score (nSPS) is 16.4. The van der Waals surface area contributed by atoms with Gasteiger partial charge in [0.25, 0.3) is 11.6 Å². The van der Waals surface area contributed by atoms with E-state index in [2.05, 4.69) is 4.90 Å². The lowest BCUT2D eigenvalue weighted by molar-refractivity contribution is -0.384. The third-order valence-corrected chi connectivity index (χ3v) is 4.83. The Kier molecular flexibility index (Phi) is 4.64. The molecule has 2 aromatic rings. The van der Waals surface area contributed by atoms with Crippen molar-refractivity contribution in [1.29, 1.82) is 0 Å². The van der Waals surface area contributed by atoms with Gasteiger partial charge in [-0.25, -0.2) is 0 Å². The fourth-order valence-electron chi connectivity index (χ4n) is 3.31. The summed E-state index contributed by atoms with van der Waals surface area (Å²) in [5.74, 6) is 1.46. The maximum Gasteiger partial charge on any atom is 0.269 e. The van der Waals surface area contributed by atoms with Crippen LogP contribution in [0.1, 0.15) is 15.9 Å². The van der Waals surface area contributed by atoms with E-state index >= 15 is 0 Å². The van der Waals surface area contributed by atoms with Gasteiger partial charge in [-0.2, -0.15) is 0 Å². The van der Waals surface area contributed by atoms with Gasteiger partial charge in [0.05, 0.1) is 4.92 Å². The number of rotatable bonds is 4. The second-order valence-corrected chi connectivity index (χ2v) is 6.56. The molecular formula is C19H19N3O5. The Balaban J connectivity index is 1.33. The molecule has 2 aromatic carbocycles. The molecule has 0 atom stereocenters. The summed E-state index contributed by atoms with van der Waals surface area (Å²) in [4.78, 5) is 26.9. The highest BCUT2D eigenvalue weighted by atomic mass is 16.7. The first-order chi connectivity index (χ1) is 13.1. The van der Waals surface area contributed by atoms with Crippen LogP contribution in [-0.2, 0) is 6.54 Å². The number of carbonyl (C=O) groups is 1. The van der Waals surface area contributed by atoms with Crippen LogP contribution in [0, 0.1) is 10.1 Å².